The Morgan fingerprint density at radius 3 is 1.92 bits per heavy atom. The van der Waals surface area contributed by atoms with Gasteiger partial charge in [-0.1, -0.05) is 23.2 Å². The summed E-state index contributed by atoms with van der Waals surface area (Å²) in [6.45, 7) is 0. The lowest BCUT2D eigenvalue weighted by Crippen LogP contribution is -1.93. The fourth-order valence-corrected chi connectivity index (χ4v) is 1.83. The Morgan fingerprint density at radius 1 is 1.00 bits per heavy atom. The van der Waals surface area contributed by atoms with E-state index in [2.05, 4.69) is 0 Å². The van der Waals surface area contributed by atoms with Gasteiger partial charge in [-0.05, 0) is 23.8 Å². The van der Waals surface area contributed by atoms with Crippen molar-refractivity contribution in [1.29, 1.82) is 0 Å². The molecule has 0 radical (unpaired) electrons. The van der Waals surface area contributed by atoms with Crippen LogP contribution < -0.4 is 0 Å². The van der Waals surface area contributed by atoms with Gasteiger partial charge in [0.15, 0.2) is 0 Å². The molecule has 66 valence electrons. The van der Waals surface area contributed by atoms with Crippen LogP contribution in [-0.4, -0.2) is 4.84 Å². The predicted molar refractivity (Wildman–Crippen MR) is 55.7 cm³/mol. The first-order chi connectivity index (χ1) is 5.58. The van der Waals surface area contributed by atoms with E-state index in [-0.39, 0.29) is 0 Å². The molecule has 1 rings (SSSR count). The first-order valence-corrected chi connectivity index (χ1v) is 4.94. The molecule has 0 N–H and O–H groups in total. The van der Waals surface area contributed by atoms with Gasteiger partial charge in [0.05, 0.1) is 0 Å². The molecule has 1 aromatic carbocycles. The molecule has 4 heteroatoms. The summed E-state index contributed by atoms with van der Waals surface area (Å²) < 4.78 is 0. The maximum absolute atomic E-state index is 5.76. The minimum absolute atomic E-state index is 0.417. The van der Waals surface area contributed by atoms with Crippen LogP contribution in [0, 0.1) is 0 Å². The van der Waals surface area contributed by atoms with Crippen LogP contribution in [0.2, 0.25) is 10.0 Å². The summed E-state index contributed by atoms with van der Waals surface area (Å²) in [5.41, 5.74) is 0.947. The van der Waals surface area contributed by atoms with E-state index in [1.807, 2.05) is 0 Å². The van der Waals surface area contributed by atoms with Crippen molar-refractivity contribution in [3.05, 3.63) is 33.8 Å². The van der Waals surface area contributed by atoms with Gasteiger partial charge < -0.3 is 0 Å². The molecule has 12 heavy (non-hydrogen) atoms. The zero-order valence-electron chi connectivity index (χ0n) is 6.03. The molecule has 0 aliphatic carbocycles. The average molecular weight is 244 g/mol. The van der Waals surface area contributed by atoms with E-state index in [1.54, 1.807) is 18.2 Å². The van der Waals surface area contributed by atoms with E-state index >= 15 is 0 Å². The lowest BCUT2D eigenvalue weighted by atomic mass is 10.2. The molecule has 0 saturated heterocycles. The van der Waals surface area contributed by atoms with Gasteiger partial charge in [0.1, 0.15) is 4.84 Å². The maximum Gasteiger partial charge on any atom is 0.111 e. The second kappa shape index (κ2) is 4.57. The molecule has 0 aliphatic rings. The van der Waals surface area contributed by atoms with E-state index in [9.17, 15) is 0 Å². The molecule has 0 fully saturated rings. The smallest absolute Gasteiger partial charge is 0.105 e. The standard InChI is InChI=1S/C8H6Cl4/c9-6-1-5(3-8(11)12)2-7(10)4-6/h1-2,4,8H,3H2. The van der Waals surface area contributed by atoms with Gasteiger partial charge in [-0.25, -0.2) is 0 Å². The predicted octanol–water partition coefficient (Wildman–Crippen LogP) is 4.34. The SMILES string of the molecule is Clc1cc(Cl)cc(CC(Cl)Cl)c1. The highest BCUT2D eigenvalue weighted by Gasteiger charge is 2.03. The van der Waals surface area contributed by atoms with Crippen molar-refractivity contribution in [2.45, 2.75) is 11.3 Å². The van der Waals surface area contributed by atoms with Gasteiger partial charge in [-0.3, -0.25) is 0 Å². The monoisotopic (exact) mass is 242 g/mol. The molecule has 0 spiro atoms. The van der Waals surface area contributed by atoms with E-state index in [0.29, 0.717) is 16.5 Å². The molecule has 0 bridgehead atoms. The Kier molecular flexibility index (Phi) is 3.98. The number of hydrogen-bond acceptors (Lipinski definition) is 0. The normalized spacial score (nSPS) is 10.8. The zero-order valence-corrected chi connectivity index (χ0v) is 9.05. The molecular weight excluding hydrogens is 238 g/mol. The summed E-state index contributed by atoms with van der Waals surface area (Å²) in [7, 11) is 0. The van der Waals surface area contributed by atoms with Crippen LogP contribution >= 0.6 is 46.4 Å². The Bertz CT molecular complexity index is 250. The number of hydrogen-bond donors (Lipinski definition) is 0. The van der Waals surface area contributed by atoms with E-state index < -0.39 is 4.84 Å². The van der Waals surface area contributed by atoms with Crippen LogP contribution in [-0.2, 0) is 6.42 Å². The second-order valence-electron chi connectivity index (χ2n) is 2.37. The summed E-state index contributed by atoms with van der Waals surface area (Å²) in [5.74, 6) is 0. The van der Waals surface area contributed by atoms with Crippen molar-refractivity contribution in [3.63, 3.8) is 0 Å². The molecule has 0 amide bonds. The van der Waals surface area contributed by atoms with E-state index in [0.717, 1.165) is 5.56 Å². The first kappa shape index (κ1) is 10.5. The maximum atomic E-state index is 5.76. The third-order valence-corrected chi connectivity index (χ3v) is 2.06. The molecule has 0 aliphatic heterocycles. The summed E-state index contributed by atoms with van der Waals surface area (Å²) in [6.07, 6.45) is 0.559. The molecule has 0 nitrogen and oxygen atoms in total. The molecule has 0 saturated carbocycles. The van der Waals surface area contributed by atoms with Crippen LogP contribution in [0.15, 0.2) is 18.2 Å². The second-order valence-corrected chi connectivity index (χ2v) is 4.52. The number of halogens is 4. The number of rotatable bonds is 2. The van der Waals surface area contributed by atoms with Crippen LogP contribution in [0.3, 0.4) is 0 Å². The molecular formula is C8H6Cl4. The third-order valence-electron chi connectivity index (χ3n) is 1.31. The van der Waals surface area contributed by atoms with Crippen LogP contribution in [0.5, 0.6) is 0 Å². The molecule has 1 aromatic rings. The van der Waals surface area contributed by atoms with Gasteiger partial charge in [0.2, 0.25) is 0 Å². The highest BCUT2D eigenvalue weighted by atomic mass is 35.5. The van der Waals surface area contributed by atoms with Crippen LogP contribution in [0.4, 0.5) is 0 Å². The van der Waals surface area contributed by atoms with E-state index in [4.69, 9.17) is 46.4 Å². The molecule has 0 unspecified atom stereocenters. The molecule has 0 aromatic heterocycles. The highest BCUT2D eigenvalue weighted by molar-refractivity contribution is 6.44. The highest BCUT2D eigenvalue weighted by Crippen LogP contribution is 2.21. The first-order valence-electron chi connectivity index (χ1n) is 3.31. The van der Waals surface area contributed by atoms with Crippen molar-refractivity contribution in [3.8, 4) is 0 Å². The van der Waals surface area contributed by atoms with Gasteiger partial charge in [0, 0.05) is 16.5 Å². The van der Waals surface area contributed by atoms with Gasteiger partial charge in [0.25, 0.3) is 0 Å². The van der Waals surface area contributed by atoms with Crippen molar-refractivity contribution < 1.29 is 0 Å². The van der Waals surface area contributed by atoms with Crippen molar-refractivity contribution in [1.82, 2.24) is 0 Å². The average Bonchev–Trinajstić information content (AvgIpc) is 1.81. The van der Waals surface area contributed by atoms with Gasteiger partial charge in [-0.2, -0.15) is 0 Å². The summed E-state index contributed by atoms with van der Waals surface area (Å²) in [5, 5.41) is 1.21. The largest absolute Gasteiger partial charge is 0.111 e. The van der Waals surface area contributed by atoms with Crippen LogP contribution in [0.25, 0.3) is 0 Å². The lowest BCUT2D eigenvalue weighted by Gasteiger charge is -2.02. The molecule has 0 atom stereocenters. The lowest BCUT2D eigenvalue weighted by molar-refractivity contribution is 1.09. The van der Waals surface area contributed by atoms with Gasteiger partial charge in [-0.15, -0.1) is 23.2 Å². The number of benzene rings is 1. The van der Waals surface area contributed by atoms with E-state index in [1.165, 1.54) is 0 Å². The van der Waals surface area contributed by atoms with Crippen LogP contribution in [0.1, 0.15) is 5.56 Å². The minimum atomic E-state index is -0.417. The number of alkyl halides is 2. The third kappa shape index (κ3) is 3.40. The van der Waals surface area contributed by atoms with Gasteiger partial charge >= 0.3 is 0 Å². The minimum Gasteiger partial charge on any atom is -0.105 e. The Morgan fingerprint density at radius 2 is 1.50 bits per heavy atom. The summed E-state index contributed by atoms with van der Waals surface area (Å²) in [6, 6.07) is 5.26. The Balaban J connectivity index is 2.85. The van der Waals surface area contributed by atoms with Crippen molar-refractivity contribution in [2.24, 2.45) is 0 Å². The quantitative estimate of drug-likeness (QED) is 0.678. The zero-order chi connectivity index (χ0) is 9.14. The summed E-state index contributed by atoms with van der Waals surface area (Å²) in [4.78, 5) is -0.417. The topological polar surface area (TPSA) is 0 Å². The fraction of sp³-hybridized carbons (Fsp3) is 0.250. The van der Waals surface area contributed by atoms with Crippen molar-refractivity contribution in [2.75, 3.05) is 0 Å². The molecule has 0 heterocycles. The summed E-state index contributed by atoms with van der Waals surface area (Å²) >= 11 is 22.7. The fourth-order valence-electron chi connectivity index (χ4n) is 0.907. The Hall–Kier alpha value is 0.380. The Labute approximate surface area is 91.4 Å². The van der Waals surface area contributed by atoms with Crippen molar-refractivity contribution >= 4 is 46.4 Å².